The average molecular weight is 365 g/mol. The minimum atomic E-state index is 0.122. The van der Waals surface area contributed by atoms with Gasteiger partial charge >= 0.3 is 0 Å². The predicted molar refractivity (Wildman–Crippen MR) is 83.9 cm³/mol. The summed E-state index contributed by atoms with van der Waals surface area (Å²) in [5, 5.41) is 20.8. The van der Waals surface area contributed by atoms with Crippen molar-refractivity contribution in [3.63, 3.8) is 0 Å². The first kappa shape index (κ1) is 13.8. The summed E-state index contributed by atoms with van der Waals surface area (Å²) >= 11 is 8.48. The van der Waals surface area contributed by atoms with Gasteiger partial charge in [-0.05, 0) is 42.5 Å². The fourth-order valence-corrected chi connectivity index (χ4v) is 2.27. The molecule has 0 fully saturated rings. The number of hydrogen-bond donors (Lipinski definition) is 2. The molecule has 0 radical (unpaired) electrons. The summed E-state index contributed by atoms with van der Waals surface area (Å²) in [5.41, 5.74) is 0.554. The van der Waals surface area contributed by atoms with E-state index < -0.39 is 0 Å². The lowest BCUT2D eigenvalue weighted by atomic mass is 10.2. The second kappa shape index (κ2) is 5.66. The zero-order valence-electron chi connectivity index (χ0n) is 10.5. The second-order valence-electron chi connectivity index (χ2n) is 4.09. The molecule has 0 atom stereocenters. The lowest BCUT2D eigenvalue weighted by molar-refractivity contribution is 0.474. The van der Waals surface area contributed by atoms with E-state index in [1.807, 2.05) is 0 Å². The van der Waals surface area contributed by atoms with E-state index in [0.717, 1.165) is 4.47 Å². The molecule has 3 rings (SSSR count). The summed E-state index contributed by atoms with van der Waals surface area (Å²) in [5.74, 6) is 1.12. The minimum Gasteiger partial charge on any atom is -0.507 e. The van der Waals surface area contributed by atoms with Crippen LogP contribution in [0, 0.1) is 4.77 Å². The van der Waals surface area contributed by atoms with Gasteiger partial charge < -0.3 is 9.52 Å². The molecule has 2 heterocycles. The standard InChI is InChI=1S/C13H9BrN4O2S/c14-9-3-4-10(19)8(6-9)7-15-18-12(16-17-13(18)21)11-2-1-5-20-11/h1-7,19H,(H,17,21)/b15-7+. The highest BCUT2D eigenvalue weighted by Crippen LogP contribution is 2.21. The number of nitrogens with one attached hydrogen (secondary N) is 1. The van der Waals surface area contributed by atoms with Crippen molar-refractivity contribution < 1.29 is 9.52 Å². The first-order chi connectivity index (χ1) is 10.1. The molecule has 0 spiro atoms. The third-order valence-corrected chi connectivity index (χ3v) is 3.45. The van der Waals surface area contributed by atoms with Crippen LogP contribution < -0.4 is 0 Å². The summed E-state index contributed by atoms with van der Waals surface area (Å²) in [6, 6.07) is 8.57. The number of benzene rings is 1. The zero-order valence-corrected chi connectivity index (χ0v) is 12.9. The number of aromatic amines is 1. The van der Waals surface area contributed by atoms with E-state index in [1.165, 1.54) is 10.9 Å². The van der Waals surface area contributed by atoms with Crippen molar-refractivity contribution in [1.82, 2.24) is 14.9 Å². The van der Waals surface area contributed by atoms with Crippen molar-refractivity contribution in [1.29, 1.82) is 0 Å². The quantitative estimate of drug-likeness (QED) is 0.550. The highest BCUT2D eigenvalue weighted by Gasteiger charge is 2.10. The Hall–Kier alpha value is -2.19. The molecular formula is C13H9BrN4O2S. The number of rotatable bonds is 3. The third kappa shape index (κ3) is 2.81. The Morgan fingerprint density at radius 1 is 1.43 bits per heavy atom. The molecule has 0 unspecified atom stereocenters. The SMILES string of the molecule is Oc1ccc(Br)cc1/C=N/n1c(-c2ccco2)n[nH]c1=S. The van der Waals surface area contributed by atoms with Gasteiger partial charge in [-0.15, -0.1) is 5.10 Å². The summed E-state index contributed by atoms with van der Waals surface area (Å²) in [6.07, 6.45) is 3.04. The molecule has 6 nitrogen and oxygen atoms in total. The monoisotopic (exact) mass is 364 g/mol. The number of phenols is 1. The van der Waals surface area contributed by atoms with Crippen LogP contribution in [0.15, 0.2) is 50.6 Å². The smallest absolute Gasteiger partial charge is 0.219 e. The van der Waals surface area contributed by atoms with E-state index >= 15 is 0 Å². The Bertz CT molecular complexity index is 851. The van der Waals surface area contributed by atoms with Crippen molar-refractivity contribution in [3.05, 3.63) is 51.4 Å². The van der Waals surface area contributed by atoms with Crippen molar-refractivity contribution in [2.45, 2.75) is 0 Å². The van der Waals surface area contributed by atoms with Crippen LogP contribution in [-0.4, -0.2) is 26.2 Å². The fourth-order valence-electron chi connectivity index (χ4n) is 1.71. The van der Waals surface area contributed by atoms with Gasteiger partial charge in [-0.2, -0.15) is 9.78 Å². The maximum Gasteiger partial charge on any atom is 0.219 e. The van der Waals surface area contributed by atoms with E-state index in [-0.39, 0.29) is 5.75 Å². The van der Waals surface area contributed by atoms with Crippen molar-refractivity contribution in [2.24, 2.45) is 5.10 Å². The molecule has 0 saturated heterocycles. The first-order valence-electron chi connectivity index (χ1n) is 5.89. The number of H-pyrrole nitrogens is 1. The number of furan rings is 1. The van der Waals surface area contributed by atoms with E-state index in [1.54, 1.807) is 36.6 Å². The zero-order chi connectivity index (χ0) is 14.8. The fraction of sp³-hybridized carbons (Fsp3) is 0. The number of phenolic OH excluding ortho intramolecular Hbond substituents is 1. The molecule has 0 aliphatic rings. The Morgan fingerprint density at radius 3 is 3.05 bits per heavy atom. The predicted octanol–water partition coefficient (Wildman–Crippen LogP) is 3.55. The van der Waals surface area contributed by atoms with E-state index in [0.29, 0.717) is 21.9 Å². The van der Waals surface area contributed by atoms with E-state index in [9.17, 15) is 5.11 Å². The lowest BCUT2D eigenvalue weighted by Gasteiger charge is -2.00. The Labute approximate surface area is 132 Å². The van der Waals surface area contributed by atoms with Gasteiger partial charge in [0.2, 0.25) is 10.6 Å². The molecule has 2 aromatic heterocycles. The van der Waals surface area contributed by atoms with Crippen LogP contribution in [0.2, 0.25) is 0 Å². The number of halogens is 1. The summed E-state index contributed by atoms with van der Waals surface area (Å²) < 4.78 is 7.88. The molecule has 0 saturated carbocycles. The summed E-state index contributed by atoms with van der Waals surface area (Å²) in [6.45, 7) is 0. The van der Waals surface area contributed by atoms with E-state index in [2.05, 4.69) is 31.2 Å². The van der Waals surface area contributed by atoms with Gasteiger partial charge in [0.05, 0.1) is 12.5 Å². The Morgan fingerprint density at radius 2 is 2.29 bits per heavy atom. The van der Waals surface area contributed by atoms with Gasteiger partial charge in [0.15, 0.2) is 5.76 Å². The van der Waals surface area contributed by atoms with Crippen LogP contribution in [0.25, 0.3) is 11.6 Å². The van der Waals surface area contributed by atoms with Crippen LogP contribution in [0.1, 0.15) is 5.56 Å². The minimum absolute atomic E-state index is 0.122. The van der Waals surface area contributed by atoms with Gasteiger partial charge in [-0.25, -0.2) is 5.10 Å². The summed E-state index contributed by atoms with van der Waals surface area (Å²) in [7, 11) is 0. The molecule has 2 N–H and O–H groups in total. The molecule has 0 bridgehead atoms. The van der Waals surface area contributed by atoms with Gasteiger partial charge in [-0.1, -0.05) is 15.9 Å². The lowest BCUT2D eigenvalue weighted by Crippen LogP contribution is -1.94. The average Bonchev–Trinajstić information content (AvgIpc) is 3.09. The normalized spacial score (nSPS) is 11.3. The van der Waals surface area contributed by atoms with Crippen LogP contribution in [0.5, 0.6) is 5.75 Å². The molecule has 1 aromatic carbocycles. The molecule has 106 valence electrons. The highest BCUT2D eigenvalue weighted by atomic mass is 79.9. The molecule has 0 amide bonds. The highest BCUT2D eigenvalue weighted by molar-refractivity contribution is 9.10. The number of aromatic hydroxyl groups is 1. The maximum atomic E-state index is 9.80. The van der Waals surface area contributed by atoms with Crippen LogP contribution >= 0.6 is 28.1 Å². The van der Waals surface area contributed by atoms with Gasteiger partial charge in [0, 0.05) is 10.0 Å². The maximum absolute atomic E-state index is 9.80. The number of nitrogens with zero attached hydrogens (tertiary/aromatic N) is 3. The van der Waals surface area contributed by atoms with Gasteiger partial charge in [0.25, 0.3) is 0 Å². The van der Waals surface area contributed by atoms with Crippen molar-refractivity contribution in [2.75, 3.05) is 0 Å². The second-order valence-corrected chi connectivity index (χ2v) is 5.39. The van der Waals surface area contributed by atoms with Crippen LogP contribution in [-0.2, 0) is 0 Å². The van der Waals surface area contributed by atoms with Gasteiger partial charge in [-0.3, -0.25) is 0 Å². The Kier molecular flexibility index (Phi) is 3.72. The van der Waals surface area contributed by atoms with Crippen LogP contribution in [0.4, 0.5) is 0 Å². The van der Waals surface area contributed by atoms with E-state index in [4.69, 9.17) is 16.6 Å². The molecule has 0 aliphatic heterocycles. The first-order valence-corrected chi connectivity index (χ1v) is 7.09. The number of aromatic nitrogens is 3. The molecule has 0 aliphatic carbocycles. The van der Waals surface area contributed by atoms with Gasteiger partial charge in [0.1, 0.15) is 5.75 Å². The summed E-state index contributed by atoms with van der Waals surface area (Å²) in [4.78, 5) is 0. The van der Waals surface area contributed by atoms with Crippen LogP contribution in [0.3, 0.4) is 0 Å². The third-order valence-electron chi connectivity index (χ3n) is 2.69. The number of hydrogen-bond acceptors (Lipinski definition) is 5. The molecule has 3 aromatic rings. The topological polar surface area (TPSA) is 79.3 Å². The Balaban J connectivity index is 2.02. The van der Waals surface area contributed by atoms with Crippen molar-refractivity contribution in [3.8, 4) is 17.3 Å². The molecule has 8 heteroatoms. The largest absolute Gasteiger partial charge is 0.507 e. The molecule has 21 heavy (non-hydrogen) atoms. The molecular weight excluding hydrogens is 356 g/mol. The van der Waals surface area contributed by atoms with Crippen molar-refractivity contribution >= 4 is 34.4 Å².